The first-order valence-electron chi connectivity index (χ1n) is 10.5. The molecule has 5 nitrogen and oxygen atoms in total. The fourth-order valence-electron chi connectivity index (χ4n) is 3.31. The van der Waals surface area contributed by atoms with Gasteiger partial charge in [0.1, 0.15) is 22.9 Å². The van der Waals surface area contributed by atoms with E-state index in [4.69, 9.17) is 21.3 Å². The average molecular weight is 448 g/mol. The molecule has 0 aliphatic rings. The van der Waals surface area contributed by atoms with Gasteiger partial charge in [-0.1, -0.05) is 42.5 Å². The molecule has 2 heterocycles. The minimum atomic E-state index is -0.763. The van der Waals surface area contributed by atoms with Crippen LogP contribution >= 0.6 is 11.6 Å². The van der Waals surface area contributed by atoms with E-state index in [1.807, 2.05) is 60.0 Å². The summed E-state index contributed by atoms with van der Waals surface area (Å²) in [4.78, 5) is 17.4. The van der Waals surface area contributed by atoms with Gasteiger partial charge in [0.25, 0.3) is 0 Å². The summed E-state index contributed by atoms with van der Waals surface area (Å²) in [6.07, 6.45) is 2.02. The number of carbonyl (C=O) groups excluding carboxylic acids is 1. The number of anilines is 1. The molecule has 0 saturated heterocycles. The molecule has 0 aliphatic carbocycles. The number of rotatable bonds is 7. The Balaban J connectivity index is 1.71. The van der Waals surface area contributed by atoms with Gasteiger partial charge in [-0.05, 0) is 56.2 Å². The lowest BCUT2D eigenvalue weighted by Gasteiger charge is -2.19. The number of nitrogens with one attached hydrogen (secondary N) is 1. The minimum absolute atomic E-state index is 0.185. The lowest BCUT2D eigenvalue weighted by atomic mass is 9.97. The molecule has 0 amide bonds. The minimum Gasteiger partial charge on any atom is -0.426 e. The predicted molar refractivity (Wildman–Crippen MR) is 129 cm³/mol. The van der Waals surface area contributed by atoms with Gasteiger partial charge in [0.2, 0.25) is 0 Å². The molecule has 0 spiro atoms. The zero-order valence-electron chi connectivity index (χ0n) is 18.4. The van der Waals surface area contributed by atoms with E-state index < -0.39 is 5.41 Å². The van der Waals surface area contributed by atoms with Gasteiger partial charge < -0.3 is 10.1 Å². The molecule has 32 heavy (non-hydrogen) atoms. The summed E-state index contributed by atoms with van der Waals surface area (Å²) >= 11 is 5.92. The van der Waals surface area contributed by atoms with Crippen LogP contribution in [0.25, 0.3) is 16.9 Å². The number of aryl methyl sites for hydroxylation is 1. The number of aromatic nitrogens is 2. The van der Waals surface area contributed by atoms with E-state index >= 15 is 0 Å². The van der Waals surface area contributed by atoms with Crippen molar-refractivity contribution in [2.75, 3.05) is 11.2 Å². The SMILES string of the molecule is Cc1ccn2c(NCc3ccccc3)c(-c3cccc(OC(=O)C(C)(C)CCl)c3)nc2c1. The van der Waals surface area contributed by atoms with Gasteiger partial charge >= 0.3 is 5.97 Å². The monoisotopic (exact) mass is 447 g/mol. The number of hydrogen-bond acceptors (Lipinski definition) is 4. The molecule has 164 valence electrons. The van der Waals surface area contributed by atoms with Crippen molar-refractivity contribution in [2.24, 2.45) is 5.41 Å². The number of hydrogen-bond donors (Lipinski definition) is 1. The highest BCUT2D eigenvalue weighted by molar-refractivity contribution is 6.19. The lowest BCUT2D eigenvalue weighted by Crippen LogP contribution is -2.30. The molecule has 0 bridgehead atoms. The number of pyridine rings is 1. The fraction of sp³-hybridized carbons (Fsp3) is 0.231. The highest BCUT2D eigenvalue weighted by atomic mass is 35.5. The highest BCUT2D eigenvalue weighted by Gasteiger charge is 2.29. The van der Waals surface area contributed by atoms with Crippen LogP contribution in [0.15, 0.2) is 72.9 Å². The molecule has 2 aromatic heterocycles. The number of halogens is 1. The molecule has 0 fully saturated rings. The molecule has 2 aromatic carbocycles. The van der Waals surface area contributed by atoms with Crippen LogP contribution in [0.2, 0.25) is 0 Å². The first-order chi connectivity index (χ1) is 15.4. The number of imidazole rings is 1. The third kappa shape index (κ3) is 4.63. The molecular formula is C26H26ClN3O2. The van der Waals surface area contributed by atoms with Gasteiger partial charge in [0.05, 0.1) is 5.41 Å². The molecule has 0 aliphatic heterocycles. The first-order valence-corrected chi connectivity index (χ1v) is 11.1. The summed E-state index contributed by atoms with van der Waals surface area (Å²) in [7, 11) is 0. The second-order valence-corrected chi connectivity index (χ2v) is 8.78. The number of nitrogens with zero attached hydrogens (tertiary/aromatic N) is 2. The van der Waals surface area contributed by atoms with Crippen molar-refractivity contribution in [3.05, 3.63) is 84.1 Å². The molecule has 0 unspecified atom stereocenters. The van der Waals surface area contributed by atoms with Gasteiger partial charge in [-0.15, -0.1) is 11.6 Å². The maximum atomic E-state index is 12.5. The first kappa shape index (κ1) is 21.9. The van der Waals surface area contributed by atoms with Crippen molar-refractivity contribution in [1.82, 2.24) is 9.38 Å². The smallest absolute Gasteiger partial charge is 0.318 e. The number of carbonyl (C=O) groups is 1. The fourth-order valence-corrected chi connectivity index (χ4v) is 3.41. The molecule has 0 saturated carbocycles. The van der Waals surface area contributed by atoms with Crippen LogP contribution in [-0.2, 0) is 11.3 Å². The van der Waals surface area contributed by atoms with Gasteiger partial charge in [-0.2, -0.15) is 0 Å². The summed E-state index contributed by atoms with van der Waals surface area (Å²) in [5, 5.41) is 3.54. The van der Waals surface area contributed by atoms with Crippen molar-refractivity contribution in [3.8, 4) is 17.0 Å². The van der Waals surface area contributed by atoms with Crippen molar-refractivity contribution in [2.45, 2.75) is 27.3 Å². The van der Waals surface area contributed by atoms with E-state index in [0.29, 0.717) is 12.3 Å². The maximum absolute atomic E-state index is 12.5. The Morgan fingerprint density at radius 3 is 2.62 bits per heavy atom. The van der Waals surface area contributed by atoms with Crippen molar-refractivity contribution < 1.29 is 9.53 Å². The number of esters is 1. The Hall–Kier alpha value is -3.31. The number of ether oxygens (including phenoxy) is 1. The quantitative estimate of drug-likeness (QED) is 0.211. The third-order valence-electron chi connectivity index (χ3n) is 5.29. The van der Waals surface area contributed by atoms with Gasteiger partial charge in [-0.3, -0.25) is 9.20 Å². The average Bonchev–Trinajstić information content (AvgIpc) is 3.16. The molecule has 0 radical (unpaired) electrons. The van der Waals surface area contributed by atoms with Crippen LogP contribution in [0.5, 0.6) is 5.75 Å². The lowest BCUT2D eigenvalue weighted by molar-refractivity contribution is -0.142. The summed E-state index contributed by atoms with van der Waals surface area (Å²) in [6.45, 7) is 6.24. The summed E-state index contributed by atoms with van der Waals surface area (Å²) in [5.41, 5.74) is 4.04. The summed E-state index contributed by atoms with van der Waals surface area (Å²) in [5.74, 6) is 1.17. The Morgan fingerprint density at radius 2 is 1.88 bits per heavy atom. The number of fused-ring (bicyclic) bond motifs is 1. The molecule has 4 aromatic rings. The van der Waals surface area contributed by atoms with Crippen molar-refractivity contribution in [3.63, 3.8) is 0 Å². The molecule has 0 atom stereocenters. The van der Waals surface area contributed by atoms with Gasteiger partial charge in [-0.25, -0.2) is 4.98 Å². The van der Waals surface area contributed by atoms with Crippen LogP contribution in [0.3, 0.4) is 0 Å². The topological polar surface area (TPSA) is 55.6 Å². The number of alkyl halides is 1. The van der Waals surface area contributed by atoms with E-state index in [2.05, 4.69) is 23.5 Å². The maximum Gasteiger partial charge on any atom is 0.318 e. The number of benzene rings is 2. The van der Waals surface area contributed by atoms with E-state index in [0.717, 1.165) is 28.3 Å². The van der Waals surface area contributed by atoms with Crippen LogP contribution in [0, 0.1) is 12.3 Å². The highest BCUT2D eigenvalue weighted by Crippen LogP contribution is 2.32. The second kappa shape index (κ2) is 9.05. The standard InChI is InChI=1S/C26H26ClN3O2/c1-18-12-13-30-22(14-18)29-23(24(30)28-16-19-8-5-4-6-9-19)20-10-7-11-21(15-20)32-25(31)26(2,3)17-27/h4-15,28H,16-17H2,1-3H3. The Labute approximate surface area is 193 Å². The van der Waals surface area contributed by atoms with E-state index in [9.17, 15) is 4.79 Å². The van der Waals surface area contributed by atoms with Crippen molar-refractivity contribution >= 4 is 29.0 Å². The summed E-state index contributed by atoms with van der Waals surface area (Å²) in [6, 6.07) is 21.7. The van der Waals surface area contributed by atoms with Crippen LogP contribution in [0.1, 0.15) is 25.0 Å². The normalized spacial score (nSPS) is 11.5. The van der Waals surface area contributed by atoms with Gasteiger partial charge in [0.15, 0.2) is 0 Å². The Kier molecular flexibility index (Phi) is 6.19. The van der Waals surface area contributed by atoms with Crippen molar-refractivity contribution in [1.29, 1.82) is 0 Å². The van der Waals surface area contributed by atoms with E-state index in [1.54, 1.807) is 19.9 Å². The predicted octanol–water partition coefficient (Wildman–Crippen LogP) is 6.09. The molecule has 1 N–H and O–H groups in total. The molecular weight excluding hydrogens is 422 g/mol. The summed E-state index contributed by atoms with van der Waals surface area (Å²) < 4.78 is 7.66. The van der Waals surface area contributed by atoms with Crippen LogP contribution < -0.4 is 10.1 Å². The largest absolute Gasteiger partial charge is 0.426 e. The van der Waals surface area contributed by atoms with Crippen LogP contribution in [-0.4, -0.2) is 21.2 Å². The molecule has 4 rings (SSSR count). The van der Waals surface area contributed by atoms with E-state index in [1.165, 1.54) is 5.56 Å². The van der Waals surface area contributed by atoms with E-state index in [-0.39, 0.29) is 11.8 Å². The Bertz CT molecular complexity index is 1250. The zero-order valence-corrected chi connectivity index (χ0v) is 19.2. The van der Waals surface area contributed by atoms with Gasteiger partial charge in [0, 0.05) is 24.2 Å². The molecule has 6 heteroatoms. The second-order valence-electron chi connectivity index (χ2n) is 8.52. The Morgan fingerprint density at radius 1 is 1.09 bits per heavy atom. The van der Waals surface area contributed by atoms with Crippen LogP contribution in [0.4, 0.5) is 5.82 Å². The third-order valence-corrected chi connectivity index (χ3v) is 5.96. The zero-order chi connectivity index (χ0) is 22.7.